The molecule has 0 spiro atoms. The average molecular weight is 329 g/mol. The van der Waals surface area contributed by atoms with Gasteiger partial charge in [0.05, 0.1) is 12.2 Å². The third kappa shape index (κ3) is 3.00. The molecule has 0 fully saturated rings. The lowest BCUT2D eigenvalue weighted by atomic mass is 9.95. The Kier molecular flexibility index (Phi) is 4.57. The summed E-state index contributed by atoms with van der Waals surface area (Å²) in [7, 11) is 1.56. The zero-order valence-corrected chi connectivity index (χ0v) is 13.8. The first kappa shape index (κ1) is 16.1. The first-order valence-corrected chi connectivity index (χ1v) is 7.60. The van der Waals surface area contributed by atoms with Crippen molar-refractivity contribution in [1.29, 1.82) is 0 Å². The van der Waals surface area contributed by atoms with Gasteiger partial charge in [0.1, 0.15) is 12.6 Å². The van der Waals surface area contributed by atoms with Gasteiger partial charge in [0.2, 0.25) is 5.95 Å². The van der Waals surface area contributed by atoms with Crippen LogP contribution < -0.4 is 5.32 Å². The SMILES string of the molecule is COCCOC(=O)C1=C(C)Nc2nnnn2C1c1cccc(C)c1. The predicted molar refractivity (Wildman–Crippen MR) is 86.3 cm³/mol. The van der Waals surface area contributed by atoms with Crippen LogP contribution in [0.3, 0.4) is 0 Å². The number of benzene rings is 1. The minimum absolute atomic E-state index is 0.190. The maximum Gasteiger partial charge on any atom is 0.338 e. The Morgan fingerprint density at radius 2 is 2.17 bits per heavy atom. The largest absolute Gasteiger partial charge is 0.460 e. The number of aryl methyl sites for hydroxylation is 1. The Balaban J connectivity index is 2.02. The van der Waals surface area contributed by atoms with Gasteiger partial charge in [0.25, 0.3) is 0 Å². The fourth-order valence-electron chi connectivity index (χ4n) is 2.72. The number of carbonyl (C=O) groups excluding carboxylic acids is 1. The molecular formula is C16H19N5O3. The van der Waals surface area contributed by atoms with E-state index in [2.05, 4.69) is 20.8 Å². The maximum atomic E-state index is 12.6. The van der Waals surface area contributed by atoms with Gasteiger partial charge in [-0.05, 0) is 29.8 Å². The van der Waals surface area contributed by atoms with Gasteiger partial charge < -0.3 is 14.8 Å². The second-order valence-electron chi connectivity index (χ2n) is 5.56. The Labute approximate surface area is 139 Å². The second-order valence-corrected chi connectivity index (χ2v) is 5.56. The van der Waals surface area contributed by atoms with Crippen LogP contribution in [-0.4, -0.2) is 46.5 Å². The Morgan fingerprint density at radius 3 is 2.92 bits per heavy atom. The average Bonchev–Trinajstić information content (AvgIpc) is 3.01. The highest BCUT2D eigenvalue weighted by molar-refractivity contribution is 5.92. The van der Waals surface area contributed by atoms with E-state index in [0.29, 0.717) is 23.8 Å². The first-order chi connectivity index (χ1) is 11.6. The monoisotopic (exact) mass is 329 g/mol. The quantitative estimate of drug-likeness (QED) is 0.656. The number of allylic oxidation sites excluding steroid dienone is 1. The van der Waals surface area contributed by atoms with Crippen molar-refractivity contribution in [3.63, 3.8) is 0 Å². The molecule has 1 aromatic carbocycles. The first-order valence-electron chi connectivity index (χ1n) is 7.60. The summed E-state index contributed by atoms with van der Waals surface area (Å²) in [5.41, 5.74) is 3.16. The van der Waals surface area contributed by atoms with Crippen molar-refractivity contribution < 1.29 is 14.3 Å². The van der Waals surface area contributed by atoms with Gasteiger partial charge in [-0.15, -0.1) is 0 Å². The standard InChI is InChI=1S/C16H19N5O3/c1-10-5-4-6-12(9-10)14-13(15(22)24-8-7-23-3)11(2)17-16-18-19-20-21(14)16/h4-6,9,14H,7-8H2,1-3H3,(H,17,18,20). The summed E-state index contributed by atoms with van der Waals surface area (Å²) in [4.78, 5) is 12.6. The van der Waals surface area contributed by atoms with Gasteiger partial charge >= 0.3 is 5.97 Å². The summed E-state index contributed by atoms with van der Waals surface area (Å²) < 4.78 is 11.8. The van der Waals surface area contributed by atoms with Crippen molar-refractivity contribution in [3.05, 3.63) is 46.7 Å². The lowest BCUT2D eigenvalue weighted by molar-refractivity contribution is -0.140. The van der Waals surface area contributed by atoms with E-state index in [1.807, 2.05) is 38.1 Å². The summed E-state index contributed by atoms with van der Waals surface area (Å²) in [5, 5.41) is 14.8. The molecule has 1 unspecified atom stereocenters. The summed E-state index contributed by atoms with van der Waals surface area (Å²) in [6.45, 7) is 4.35. The van der Waals surface area contributed by atoms with E-state index in [0.717, 1.165) is 11.1 Å². The molecule has 0 amide bonds. The molecule has 1 aliphatic rings. The van der Waals surface area contributed by atoms with E-state index < -0.39 is 12.0 Å². The summed E-state index contributed by atoms with van der Waals surface area (Å²) in [5.74, 6) is 0.0807. The van der Waals surface area contributed by atoms with Crippen LogP contribution in [0.5, 0.6) is 0 Å². The van der Waals surface area contributed by atoms with E-state index in [1.165, 1.54) is 0 Å². The van der Waals surface area contributed by atoms with Gasteiger partial charge in [0.15, 0.2) is 0 Å². The number of nitrogens with zero attached hydrogens (tertiary/aromatic N) is 4. The fraction of sp³-hybridized carbons (Fsp3) is 0.375. The van der Waals surface area contributed by atoms with Crippen LogP contribution in [0.2, 0.25) is 0 Å². The van der Waals surface area contributed by atoms with E-state index in [4.69, 9.17) is 9.47 Å². The Bertz CT molecular complexity index is 784. The zero-order chi connectivity index (χ0) is 17.1. The molecule has 0 saturated heterocycles. The molecular weight excluding hydrogens is 310 g/mol. The molecule has 1 aliphatic heterocycles. The van der Waals surface area contributed by atoms with Gasteiger partial charge in [-0.3, -0.25) is 0 Å². The van der Waals surface area contributed by atoms with Crippen molar-refractivity contribution in [3.8, 4) is 0 Å². The fourth-order valence-corrected chi connectivity index (χ4v) is 2.72. The molecule has 3 rings (SSSR count). The minimum Gasteiger partial charge on any atom is -0.460 e. The number of rotatable bonds is 5. The number of methoxy groups -OCH3 is 1. The van der Waals surface area contributed by atoms with Crippen molar-refractivity contribution in [2.45, 2.75) is 19.9 Å². The number of hydrogen-bond acceptors (Lipinski definition) is 7. The molecule has 1 atom stereocenters. The smallest absolute Gasteiger partial charge is 0.338 e. The number of fused-ring (bicyclic) bond motifs is 1. The number of ether oxygens (including phenoxy) is 2. The molecule has 2 heterocycles. The van der Waals surface area contributed by atoms with Gasteiger partial charge in [-0.1, -0.05) is 34.9 Å². The van der Waals surface area contributed by atoms with Crippen LogP contribution in [0.1, 0.15) is 24.1 Å². The van der Waals surface area contributed by atoms with Crippen molar-refractivity contribution >= 4 is 11.9 Å². The number of hydrogen-bond donors (Lipinski definition) is 1. The topological polar surface area (TPSA) is 91.2 Å². The van der Waals surface area contributed by atoms with E-state index in [-0.39, 0.29) is 6.61 Å². The highest BCUT2D eigenvalue weighted by Gasteiger charge is 2.34. The highest BCUT2D eigenvalue weighted by atomic mass is 16.6. The zero-order valence-electron chi connectivity index (χ0n) is 13.8. The number of anilines is 1. The number of carbonyl (C=O) groups is 1. The Hall–Kier alpha value is -2.74. The van der Waals surface area contributed by atoms with E-state index in [1.54, 1.807) is 11.8 Å². The molecule has 1 aromatic heterocycles. The van der Waals surface area contributed by atoms with E-state index >= 15 is 0 Å². The molecule has 24 heavy (non-hydrogen) atoms. The molecule has 0 bridgehead atoms. The molecule has 8 heteroatoms. The molecule has 8 nitrogen and oxygen atoms in total. The second kappa shape index (κ2) is 6.79. The number of tetrazole rings is 1. The van der Waals surface area contributed by atoms with E-state index in [9.17, 15) is 4.79 Å². The lowest BCUT2D eigenvalue weighted by Gasteiger charge is -2.27. The Morgan fingerprint density at radius 1 is 1.33 bits per heavy atom. The van der Waals surface area contributed by atoms with Gasteiger partial charge in [-0.2, -0.15) is 4.68 Å². The summed E-state index contributed by atoms with van der Waals surface area (Å²) in [6, 6.07) is 7.46. The molecule has 126 valence electrons. The van der Waals surface area contributed by atoms with Crippen LogP contribution >= 0.6 is 0 Å². The van der Waals surface area contributed by atoms with Crippen LogP contribution in [-0.2, 0) is 14.3 Å². The number of aromatic nitrogens is 4. The molecule has 2 aromatic rings. The number of nitrogens with one attached hydrogen (secondary N) is 1. The summed E-state index contributed by atoms with van der Waals surface area (Å²) in [6.07, 6.45) is 0. The molecule has 0 radical (unpaired) electrons. The van der Waals surface area contributed by atoms with Crippen molar-refractivity contribution in [1.82, 2.24) is 20.2 Å². The lowest BCUT2D eigenvalue weighted by Crippen LogP contribution is -2.30. The van der Waals surface area contributed by atoms with Crippen LogP contribution in [0.15, 0.2) is 35.5 Å². The van der Waals surface area contributed by atoms with Crippen LogP contribution in [0.4, 0.5) is 5.95 Å². The normalized spacial score (nSPS) is 16.5. The predicted octanol–water partition coefficient (Wildman–Crippen LogP) is 1.46. The van der Waals surface area contributed by atoms with Gasteiger partial charge in [0, 0.05) is 12.8 Å². The van der Waals surface area contributed by atoms with Crippen LogP contribution in [0.25, 0.3) is 0 Å². The maximum absolute atomic E-state index is 12.6. The molecule has 0 saturated carbocycles. The van der Waals surface area contributed by atoms with Gasteiger partial charge in [-0.25, -0.2) is 4.79 Å². The minimum atomic E-state index is -0.439. The third-order valence-electron chi connectivity index (χ3n) is 3.81. The van der Waals surface area contributed by atoms with Crippen LogP contribution in [0, 0.1) is 6.92 Å². The molecule has 1 N–H and O–H groups in total. The van der Waals surface area contributed by atoms with Crippen molar-refractivity contribution in [2.75, 3.05) is 25.6 Å². The van der Waals surface area contributed by atoms with Crippen molar-refractivity contribution in [2.24, 2.45) is 0 Å². The number of esters is 1. The third-order valence-corrected chi connectivity index (χ3v) is 3.81. The summed E-state index contributed by atoms with van der Waals surface area (Å²) >= 11 is 0. The molecule has 0 aliphatic carbocycles. The highest BCUT2D eigenvalue weighted by Crippen LogP contribution is 2.34.